The zero-order valence-corrected chi connectivity index (χ0v) is 14.2. The number of rotatable bonds is 2. The van der Waals surface area contributed by atoms with Crippen molar-refractivity contribution in [3.05, 3.63) is 42.4 Å². The Kier molecular flexibility index (Phi) is 3.51. The van der Waals surface area contributed by atoms with Crippen LogP contribution in [0.4, 0.5) is 5.69 Å². The summed E-state index contributed by atoms with van der Waals surface area (Å²) < 4.78 is 1.70. The first-order valence-electron chi connectivity index (χ1n) is 7.62. The lowest BCUT2D eigenvalue weighted by Gasteiger charge is -2.14. The third-order valence-corrected chi connectivity index (χ3v) is 3.87. The summed E-state index contributed by atoms with van der Waals surface area (Å²) in [7, 11) is 4.02. The first-order valence-corrected chi connectivity index (χ1v) is 7.62. The number of imidazole rings is 1. The Bertz CT molecular complexity index is 842. The lowest BCUT2D eigenvalue weighted by Crippen LogP contribution is -2.11. The summed E-state index contributed by atoms with van der Waals surface area (Å²) in [5.74, 6) is 0.182. The number of aromatic nitrogens is 3. The maximum atomic E-state index is 10.5. The Balaban J connectivity index is 2.08. The Morgan fingerprint density at radius 1 is 1.09 bits per heavy atom. The van der Waals surface area contributed by atoms with Gasteiger partial charge in [0.05, 0.1) is 11.9 Å². The number of hydrogen-bond donors (Lipinski definition) is 1. The van der Waals surface area contributed by atoms with Gasteiger partial charge in [-0.2, -0.15) is 0 Å². The number of hydrogen-bond acceptors (Lipinski definition) is 4. The average Bonchev–Trinajstić information content (AvgIpc) is 2.84. The molecule has 0 aliphatic heterocycles. The van der Waals surface area contributed by atoms with Crippen molar-refractivity contribution in [3.8, 4) is 17.1 Å². The first kappa shape index (κ1) is 15.3. The standard InChI is InChI=1S/C18H22N4O/c1-18(2,3)16-17(23)22-11-14(19-10-15(22)20-16)12-6-8-13(9-7-12)21(4)5/h6-11,23H,1-5H3. The molecule has 0 aliphatic rings. The third kappa shape index (κ3) is 2.74. The van der Waals surface area contributed by atoms with Gasteiger partial charge in [-0.15, -0.1) is 0 Å². The lowest BCUT2D eigenvalue weighted by atomic mass is 9.92. The molecule has 0 unspecified atom stereocenters. The molecule has 120 valence electrons. The van der Waals surface area contributed by atoms with Crippen LogP contribution in [-0.2, 0) is 5.41 Å². The fraction of sp³-hybridized carbons (Fsp3) is 0.333. The van der Waals surface area contributed by atoms with Crippen molar-refractivity contribution < 1.29 is 5.11 Å². The molecule has 3 aromatic rings. The number of anilines is 1. The Hall–Kier alpha value is -2.56. The summed E-state index contributed by atoms with van der Waals surface area (Å²) in [5.41, 5.74) is 4.05. The molecule has 23 heavy (non-hydrogen) atoms. The van der Waals surface area contributed by atoms with Gasteiger partial charge in [-0.05, 0) is 12.1 Å². The monoisotopic (exact) mass is 310 g/mol. The van der Waals surface area contributed by atoms with Gasteiger partial charge in [0.25, 0.3) is 0 Å². The van der Waals surface area contributed by atoms with Gasteiger partial charge < -0.3 is 10.0 Å². The van der Waals surface area contributed by atoms with Gasteiger partial charge in [0.15, 0.2) is 5.65 Å². The second-order valence-electron chi connectivity index (χ2n) is 6.98. The van der Waals surface area contributed by atoms with Crippen LogP contribution >= 0.6 is 0 Å². The molecule has 3 rings (SSSR count). The molecule has 0 fully saturated rings. The highest BCUT2D eigenvalue weighted by Gasteiger charge is 2.24. The van der Waals surface area contributed by atoms with E-state index in [-0.39, 0.29) is 11.3 Å². The molecule has 0 radical (unpaired) electrons. The SMILES string of the molecule is CN(C)c1ccc(-c2cn3c(O)c(C(C)(C)C)nc3cn2)cc1. The zero-order chi connectivity index (χ0) is 16.8. The number of aromatic hydroxyl groups is 1. The van der Waals surface area contributed by atoms with Gasteiger partial charge in [-0.1, -0.05) is 32.9 Å². The average molecular weight is 310 g/mol. The van der Waals surface area contributed by atoms with Crippen LogP contribution in [0.3, 0.4) is 0 Å². The van der Waals surface area contributed by atoms with E-state index < -0.39 is 0 Å². The van der Waals surface area contributed by atoms with E-state index in [1.165, 1.54) is 0 Å². The van der Waals surface area contributed by atoms with E-state index in [2.05, 4.69) is 27.0 Å². The Morgan fingerprint density at radius 3 is 2.30 bits per heavy atom. The summed E-state index contributed by atoms with van der Waals surface area (Å²) in [6, 6.07) is 8.16. The van der Waals surface area contributed by atoms with Gasteiger partial charge in [0, 0.05) is 37.0 Å². The predicted octanol–water partition coefficient (Wildman–Crippen LogP) is 3.47. The summed E-state index contributed by atoms with van der Waals surface area (Å²) in [5, 5.41) is 10.5. The van der Waals surface area contributed by atoms with Gasteiger partial charge in [0.1, 0.15) is 5.69 Å². The van der Waals surface area contributed by atoms with Crippen LogP contribution in [-0.4, -0.2) is 33.6 Å². The van der Waals surface area contributed by atoms with Gasteiger partial charge in [0.2, 0.25) is 5.88 Å². The van der Waals surface area contributed by atoms with Gasteiger partial charge >= 0.3 is 0 Å². The molecule has 5 heteroatoms. The molecule has 1 aromatic carbocycles. The molecule has 0 aliphatic carbocycles. The molecule has 2 aromatic heterocycles. The van der Waals surface area contributed by atoms with Crippen molar-refractivity contribution in [3.63, 3.8) is 0 Å². The minimum atomic E-state index is -0.219. The van der Waals surface area contributed by atoms with Crippen LogP contribution in [0.1, 0.15) is 26.5 Å². The van der Waals surface area contributed by atoms with Crippen molar-refractivity contribution >= 4 is 11.3 Å². The Labute approximate surface area is 136 Å². The maximum absolute atomic E-state index is 10.5. The van der Waals surface area contributed by atoms with Gasteiger partial charge in [-0.25, -0.2) is 4.98 Å². The maximum Gasteiger partial charge on any atom is 0.219 e. The molecular formula is C18H22N4O. The first-order chi connectivity index (χ1) is 10.8. The zero-order valence-electron chi connectivity index (χ0n) is 14.2. The largest absolute Gasteiger partial charge is 0.493 e. The number of fused-ring (bicyclic) bond motifs is 1. The molecular weight excluding hydrogens is 288 g/mol. The normalized spacial score (nSPS) is 11.9. The highest BCUT2D eigenvalue weighted by Crippen LogP contribution is 2.31. The second-order valence-corrected chi connectivity index (χ2v) is 6.98. The smallest absolute Gasteiger partial charge is 0.219 e. The minimum absolute atomic E-state index is 0.182. The molecule has 0 atom stereocenters. The van der Waals surface area contributed by atoms with E-state index in [9.17, 15) is 5.11 Å². The van der Waals surface area contributed by atoms with Crippen molar-refractivity contribution in [2.24, 2.45) is 0 Å². The number of benzene rings is 1. The highest BCUT2D eigenvalue weighted by molar-refractivity contribution is 5.64. The Morgan fingerprint density at radius 2 is 1.74 bits per heavy atom. The highest BCUT2D eigenvalue weighted by atomic mass is 16.3. The van der Waals surface area contributed by atoms with Gasteiger partial charge in [-0.3, -0.25) is 9.38 Å². The van der Waals surface area contributed by atoms with Crippen LogP contribution in [0.25, 0.3) is 16.9 Å². The van der Waals surface area contributed by atoms with Crippen LogP contribution in [0, 0.1) is 0 Å². The van der Waals surface area contributed by atoms with E-state index in [0.717, 1.165) is 16.9 Å². The predicted molar refractivity (Wildman–Crippen MR) is 93.1 cm³/mol. The van der Waals surface area contributed by atoms with E-state index in [0.29, 0.717) is 11.3 Å². The van der Waals surface area contributed by atoms with E-state index in [1.54, 1.807) is 10.6 Å². The summed E-state index contributed by atoms with van der Waals surface area (Å²) in [6.45, 7) is 6.09. The summed E-state index contributed by atoms with van der Waals surface area (Å²) in [6.07, 6.45) is 3.53. The van der Waals surface area contributed by atoms with Crippen LogP contribution in [0.5, 0.6) is 5.88 Å². The van der Waals surface area contributed by atoms with E-state index >= 15 is 0 Å². The summed E-state index contributed by atoms with van der Waals surface area (Å²) in [4.78, 5) is 11.0. The van der Waals surface area contributed by atoms with Crippen LogP contribution < -0.4 is 4.90 Å². The molecule has 5 nitrogen and oxygen atoms in total. The van der Waals surface area contributed by atoms with Crippen LogP contribution in [0.2, 0.25) is 0 Å². The molecule has 2 heterocycles. The fourth-order valence-corrected chi connectivity index (χ4v) is 2.52. The fourth-order valence-electron chi connectivity index (χ4n) is 2.52. The topological polar surface area (TPSA) is 53.7 Å². The van der Waals surface area contributed by atoms with E-state index in [1.807, 2.05) is 53.2 Å². The van der Waals surface area contributed by atoms with Crippen molar-refractivity contribution in [1.29, 1.82) is 0 Å². The van der Waals surface area contributed by atoms with Crippen molar-refractivity contribution in [2.75, 3.05) is 19.0 Å². The van der Waals surface area contributed by atoms with Crippen LogP contribution in [0.15, 0.2) is 36.7 Å². The molecule has 0 amide bonds. The lowest BCUT2D eigenvalue weighted by molar-refractivity contribution is 0.421. The van der Waals surface area contributed by atoms with E-state index in [4.69, 9.17) is 0 Å². The number of nitrogens with zero attached hydrogens (tertiary/aromatic N) is 4. The molecule has 0 saturated carbocycles. The van der Waals surface area contributed by atoms with Crippen molar-refractivity contribution in [2.45, 2.75) is 26.2 Å². The molecule has 1 N–H and O–H groups in total. The minimum Gasteiger partial charge on any atom is -0.493 e. The summed E-state index contributed by atoms with van der Waals surface area (Å²) >= 11 is 0. The molecule has 0 saturated heterocycles. The second kappa shape index (κ2) is 5.26. The molecule has 0 bridgehead atoms. The quantitative estimate of drug-likeness (QED) is 0.787. The van der Waals surface area contributed by atoms with Crippen molar-refractivity contribution in [1.82, 2.24) is 14.4 Å². The third-order valence-electron chi connectivity index (χ3n) is 3.87. The molecule has 0 spiro atoms.